The maximum absolute atomic E-state index is 12.3. The molecule has 0 aliphatic rings. The molecular weight excluding hydrogens is 358 g/mol. The molecule has 0 saturated carbocycles. The van der Waals surface area contributed by atoms with Gasteiger partial charge in [-0.05, 0) is 48.9 Å². The van der Waals surface area contributed by atoms with Crippen LogP contribution >= 0.6 is 11.6 Å². The third kappa shape index (κ3) is 4.29. The largest absolute Gasteiger partial charge is 0.354 e. The van der Waals surface area contributed by atoms with E-state index in [0.717, 1.165) is 16.9 Å². The average molecular weight is 374 g/mol. The normalized spacial score (nSPS) is 11.1. The summed E-state index contributed by atoms with van der Waals surface area (Å²) in [5.74, 6) is 0.232. The highest BCUT2D eigenvalue weighted by Gasteiger charge is 2.15. The number of halogens is 1. The van der Waals surface area contributed by atoms with Gasteiger partial charge in [0.25, 0.3) is 10.0 Å². The van der Waals surface area contributed by atoms with Crippen LogP contribution in [0.3, 0.4) is 0 Å². The molecule has 1 aromatic heterocycles. The van der Waals surface area contributed by atoms with E-state index in [1.54, 1.807) is 30.5 Å². The number of rotatable bonds is 5. The molecule has 0 bridgehead atoms. The Hall–Kier alpha value is -2.57. The highest BCUT2D eigenvalue weighted by molar-refractivity contribution is 7.92. The lowest BCUT2D eigenvalue weighted by atomic mass is 10.2. The summed E-state index contributed by atoms with van der Waals surface area (Å²) >= 11 is 5.85. The summed E-state index contributed by atoms with van der Waals surface area (Å²) < 4.78 is 27.1. The first kappa shape index (κ1) is 17.3. The number of anilines is 3. The van der Waals surface area contributed by atoms with Crippen LogP contribution in [0.2, 0.25) is 5.02 Å². The van der Waals surface area contributed by atoms with Gasteiger partial charge in [0.1, 0.15) is 5.82 Å². The van der Waals surface area contributed by atoms with Crippen molar-refractivity contribution in [2.24, 2.45) is 0 Å². The van der Waals surface area contributed by atoms with Crippen molar-refractivity contribution in [3.05, 3.63) is 77.4 Å². The molecule has 0 aliphatic carbocycles. The summed E-state index contributed by atoms with van der Waals surface area (Å²) in [7, 11) is -3.73. The second-order valence-corrected chi connectivity index (χ2v) is 7.55. The number of aromatic nitrogens is 1. The van der Waals surface area contributed by atoms with Gasteiger partial charge in [-0.1, -0.05) is 35.9 Å². The summed E-state index contributed by atoms with van der Waals surface area (Å²) in [5, 5.41) is 3.60. The van der Waals surface area contributed by atoms with Gasteiger partial charge in [-0.15, -0.1) is 0 Å². The summed E-state index contributed by atoms with van der Waals surface area (Å²) in [5.41, 5.74) is 2.84. The monoisotopic (exact) mass is 373 g/mol. The summed E-state index contributed by atoms with van der Waals surface area (Å²) in [4.78, 5) is 4.24. The summed E-state index contributed by atoms with van der Waals surface area (Å²) in [6, 6.07) is 17.3. The molecule has 0 amide bonds. The van der Waals surface area contributed by atoms with Gasteiger partial charge in [0, 0.05) is 10.7 Å². The molecular formula is C18H16ClN3O2S. The first-order valence-corrected chi connectivity index (χ1v) is 9.37. The molecule has 0 aliphatic heterocycles. The second-order valence-electron chi connectivity index (χ2n) is 5.43. The van der Waals surface area contributed by atoms with Gasteiger partial charge in [0.2, 0.25) is 0 Å². The molecule has 128 valence electrons. The lowest BCUT2D eigenvalue weighted by Crippen LogP contribution is -2.13. The molecule has 2 aromatic carbocycles. The van der Waals surface area contributed by atoms with Crippen molar-refractivity contribution in [3.63, 3.8) is 0 Å². The van der Waals surface area contributed by atoms with Crippen LogP contribution in [0.4, 0.5) is 17.2 Å². The van der Waals surface area contributed by atoms with E-state index >= 15 is 0 Å². The molecule has 0 spiro atoms. The average Bonchev–Trinajstić information content (AvgIpc) is 2.58. The Morgan fingerprint density at radius 2 is 1.80 bits per heavy atom. The van der Waals surface area contributed by atoms with Crippen LogP contribution in [-0.4, -0.2) is 13.4 Å². The second kappa shape index (κ2) is 7.13. The van der Waals surface area contributed by atoms with Crippen LogP contribution in [-0.2, 0) is 10.0 Å². The zero-order valence-corrected chi connectivity index (χ0v) is 15.0. The predicted octanol–water partition coefficient (Wildman–Crippen LogP) is 4.59. The zero-order valence-electron chi connectivity index (χ0n) is 13.4. The van der Waals surface area contributed by atoms with E-state index in [1.807, 2.05) is 31.2 Å². The smallest absolute Gasteiger partial charge is 0.263 e. The molecule has 3 aromatic rings. The number of hydrogen-bond donors (Lipinski definition) is 2. The molecule has 0 radical (unpaired) electrons. The summed E-state index contributed by atoms with van der Waals surface area (Å²) in [6.45, 7) is 2.00. The molecule has 3 rings (SSSR count). The maximum Gasteiger partial charge on any atom is 0.263 e. The fourth-order valence-electron chi connectivity index (χ4n) is 2.23. The minimum Gasteiger partial charge on any atom is -0.354 e. The highest BCUT2D eigenvalue weighted by atomic mass is 35.5. The van der Waals surface area contributed by atoms with E-state index in [-0.39, 0.29) is 10.7 Å². The van der Waals surface area contributed by atoms with Gasteiger partial charge in [-0.2, -0.15) is 0 Å². The van der Waals surface area contributed by atoms with Crippen LogP contribution in [0.15, 0.2) is 71.8 Å². The molecule has 0 atom stereocenters. The van der Waals surface area contributed by atoms with Gasteiger partial charge < -0.3 is 5.32 Å². The third-order valence-corrected chi connectivity index (χ3v) is 5.12. The number of pyridine rings is 1. The van der Waals surface area contributed by atoms with Crippen molar-refractivity contribution < 1.29 is 8.42 Å². The molecule has 0 fully saturated rings. The standard InChI is InChI=1S/C18H16ClN3O2S/c1-13-5-2-3-8-17(13)21-15-9-10-18(20-12-15)22-25(23,24)16-7-4-6-14(19)11-16/h2-12,21H,1H3,(H,20,22). The third-order valence-electron chi connectivity index (χ3n) is 3.53. The van der Waals surface area contributed by atoms with Gasteiger partial charge in [-0.25, -0.2) is 13.4 Å². The number of aryl methyl sites for hydroxylation is 1. The molecule has 1 heterocycles. The number of nitrogens with zero attached hydrogens (tertiary/aromatic N) is 1. The fraction of sp³-hybridized carbons (Fsp3) is 0.0556. The van der Waals surface area contributed by atoms with E-state index in [9.17, 15) is 8.42 Å². The van der Waals surface area contributed by atoms with Gasteiger partial charge in [0.05, 0.1) is 16.8 Å². The van der Waals surface area contributed by atoms with Crippen molar-refractivity contribution in [2.45, 2.75) is 11.8 Å². The van der Waals surface area contributed by atoms with Gasteiger partial charge in [-0.3, -0.25) is 4.72 Å². The molecule has 2 N–H and O–H groups in total. The van der Waals surface area contributed by atoms with E-state index < -0.39 is 10.0 Å². The van der Waals surface area contributed by atoms with Crippen LogP contribution in [0.25, 0.3) is 0 Å². The van der Waals surface area contributed by atoms with E-state index in [1.165, 1.54) is 12.1 Å². The Labute approximate surface area is 151 Å². The van der Waals surface area contributed by atoms with Crippen LogP contribution < -0.4 is 10.0 Å². The van der Waals surface area contributed by atoms with Crippen LogP contribution in [0.5, 0.6) is 0 Å². The van der Waals surface area contributed by atoms with Crippen molar-refractivity contribution >= 4 is 38.8 Å². The number of benzene rings is 2. The Kier molecular flexibility index (Phi) is 4.92. The zero-order chi connectivity index (χ0) is 17.9. The Morgan fingerprint density at radius 3 is 2.48 bits per heavy atom. The lowest BCUT2D eigenvalue weighted by Gasteiger charge is -2.11. The fourth-order valence-corrected chi connectivity index (χ4v) is 3.54. The first-order chi connectivity index (χ1) is 11.9. The number of para-hydroxylation sites is 1. The Balaban J connectivity index is 1.75. The number of sulfonamides is 1. The molecule has 0 saturated heterocycles. The molecule has 7 heteroatoms. The minimum atomic E-state index is -3.73. The maximum atomic E-state index is 12.3. The SMILES string of the molecule is Cc1ccccc1Nc1ccc(NS(=O)(=O)c2cccc(Cl)c2)nc1. The van der Waals surface area contributed by atoms with Crippen molar-refractivity contribution in [2.75, 3.05) is 10.0 Å². The number of hydrogen-bond acceptors (Lipinski definition) is 4. The summed E-state index contributed by atoms with van der Waals surface area (Å²) in [6.07, 6.45) is 1.57. The van der Waals surface area contributed by atoms with E-state index in [0.29, 0.717) is 5.02 Å². The van der Waals surface area contributed by atoms with Crippen molar-refractivity contribution in [1.29, 1.82) is 0 Å². The van der Waals surface area contributed by atoms with Gasteiger partial charge >= 0.3 is 0 Å². The predicted molar refractivity (Wildman–Crippen MR) is 101 cm³/mol. The molecule has 5 nitrogen and oxygen atoms in total. The topological polar surface area (TPSA) is 71.1 Å². The van der Waals surface area contributed by atoms with Crippen molar-refractivity contribution in [3.8, 4) is 0 Å². The van der Waals surface area contributed by atoms with Crippen LogP contribution in [0.1, 0.15) is 5.56 Å². The molecule has 0 unspecified atom stereocenters. The highest BCUT2D eigenvalue weighted by Crippen LogP contribution is 2.22. The number of nitrogens with one attached hydrogen (secondary N) is 2. The Morgan fingerprint density at radius 1 is 1.00 bits per heavy atom. The quantitative estimate of drug-likeness (QED) is 0.686. The minimum absolute atomic E-state index is 0.0870. The molecule has 25 heavy (non-hydrogen) atoms. The first-order valence-electron chi connectivity index (χ1n) is 7.51. The van der Waals surface area contributed by atoms with Crippen LogP contribution in [0, 0.1) is 6.92 Å². The van der Waals surface area contributed by atoms with E-state index in [2.05, 4.69) is 15.0 Å². The van der Waals surface area contributed by atoms with E-state index in [4.69, 9.17) is 11.6 Å². The van der Waals surface area contributed by atoms with Gasteiger partial charge in [0.15, 0.2) is 0 Å². The Bertz CT molecular complexity index is 989. The lowest BCUT2D eigenvalue weighted by molar-refractivity contribution is 0.601. The van der Waals surface area contributed by atoms with Crippen molar-refractivity contribution in [1.82, 2.24) is 4.98 Å².